The highest BCUT2D eigenvalue weighted by Crippen LogP contribution is 2.29. The van der Waals surface area contributed by atoms with Gasteiger partial charge in [0.2, 0.25) is 0 Å². The molecule has 0 bridgehead atoms. The number of nitrogens with one attached hydrogen (secondary N) is 1. The summed E-state index contributed by atoms with van der Waals surface area (Å²) in [7, 11) is 0. The summed E-state index contributed by atoms with van der Waals surface area (Å²) in [5.74, 6) is 0.938. The molecule has 2 heterocycles. The van der Waals surface area contributed by atoms with E-state index in [9.17, 15) is 4.79 Å². The molecule has 7 heteroatoms. The van der Waals surface area contributed by atoms with Gasteiger partial charge >= 0.3 is 0 Å². The van der Waals surface area contributed by atoms with Crippen molar-refractivity contribution >= 4 is 22.2 Å². The zero-order valence-electron chi connectivity index (χ0n) is 14.8. The molecule has 1 aromatic carbocycles. The Bertz CT molecular complexity index is 887. The van der Waals surface area contributed by atoms with Crippen LogP contribution in [0.4, 0.5) is 0 Å². The van der Waals surface area contributed by atoms with E-state index in [0.717, 1.165) is 10.7 Å². The van der Waals surface area contributed by atoms with Crippen molar-refractivity contribution in [2.45, 2.75) is 19.9 Å². The Morgan fingerprint density at radius 2 is 2.27 bits per heavy atom. The predicted octanol–water partition coefficient (Wildman–Crippen LogP) is 3.85. The number of hydrogen-bond acceptors (Lipinski definition) is 5. The maximum atomic E-state index is 12.6. The van der Waals surface area contributed by atoms with Gasteiger partial charge in [-0.05, 0) is 32.0 Å². The number of ether oxygens (including phenoxy) is 2. The van der Waals surface area contributed by atoms with E-state index in [1.54, 1.807) is 35.6 Å². The van der Waals surface area contributed by atoms with E-state index in [1.807, 2.05) is 36.0 Å². The van der Waals surface area contributed by atoms with Gasteiger partial charge in [-0.15, -0.1) is 11.3 Å². The first-order chi connectivity index (χ1) is 12.6. The zero-order valence-corrected chi connectivity index (χ0v) is 15.6. The molecular formula is C19H21N3O3S. The molecule has 136 valence electrons. The second-order valence-corrected chi connectivity index (χ2v) is 6.52. The third kappa shape index (κ3) is 3.88. The lowest BCUT2D eigenvalue weighted by Gasteiger charge is -2.14. The second-order valence-electron chi connectivity index (χ2n) is 5.65. The number of hydrogen-bond donors (Lipinski definition) is 1. The van der Waals surface area contributed by atoms with Crippen LogP contribution in [0, 0.1) is 0 Å². The molecule has 0 aliphatic heterocycles. The number of nitrogens with zero attached hydrogens (tertiary/aromatic N) is 2. The van der Waals surface area contributed by atoms with Crippen LogP contribution >= 0.6 is 11.3 Å². The second kappa shape index (κ2) is 8.05. The summed E-state index contributed by atoms with van der Waals surface area (Å²) in [4.78, 5) is 18.0. The lowest BCUT2D eigenvalue weighted by atomic mass is 10.1. The number of imidazole rings is 1. The molecule has 1 unspecified atom stereocenters. The minimum absolute atomic E-state index is 0.190. The quantitative estimate of drug-likeness (QED) is 0.611. The highest BCUT2D eigenvalue weighted by Gasteiger charge is 2.16. The van der Waals surface area contributed by atoms with Crippen molar-refractivity contribution in [2.75, 3.05) is 13.2 Å². The summed E-state index contributed by atoms with van der Waals surface area (Å²) in [6.45, 7) is 8.29. The Labute approximate surface area is 156 Å². The van der Waals surface area contributed by atoms with E-state index in [0.29, 0.717) is 30.3 Å². The molecule has 1 amide bonds. The molecule has 0 saturated heterocycles. The van der Waals surface area contributed by atoms with Crippen molar-refractivity contribution in [3.63, 3.8) is 0 Å². The zero-order chi connectivity index (χ0) is 18.5. The van der Waals surface area contributed by atoms with E-state index >= 15 is 0 Å². The van der Waals surface area contributed by atoms with Crippen molar-refractivity contribution in [1.29, 1.82) is 0 Å². The van der Waals surface area contributed by atoms with Crippen molar-refractivity contribution in [3.8, 4) is 11.5 Å². The number of aromatic nitrogens is 2. The molecule has 0 saturated carbocycles. The number of thiazole rings is 1. The first-order valence-corrected chi connectivity index (χ1v) is 9.23. The monoisotopic (exact) mass is 371 g/mol. The molecule has 1 N–H and O–H groups in total. The summed E-state index contributed by atoms with van der Waals surface area (Å²) in [6, 6.07) is 4.94. The number of rotatable bonds is 8. The highest BCUT2D eigenvalue weighted by atomic mass is 32.1. The molecule has 0 radical (unpaired) electrons. The highest BCUT2D eigenvalue weighted by molar-refractivity contribution is 7.15. The largest absolute Gasteiger partial charge is 0.490 e. The minimum atomic E-state index is -0.207. The molecule has 1 atom stereocenters. The molecule has 26 heavy (non-hydrogen) atoms. The van der Waals surface area contributed by atoms with Crippen LogP contribution in [0.5, 0.6) is 11.5 Å². The van der Waals surface area contributed by atoms with Gasteiger partial charge in [0, 0.05) is 23.3 Å². The smallest absolute Gasteiger partial charge is 0.251 e. The van der Waals surface area contributed by atoms with E-state index < -0.39 is 0 Å². The summed E-state index contributed by atoms with van der Waals surface area (Å²) >= 11 is 1.56. The normalized spacial score (nSPS) is 11.9. The summed E-state index contributed by atoms with van der Waals surface area (Å²) in [5, 5.41) is 4.95. The van der Waals surface area contributed by atoms with Crippen LogP contribution in [-0.2, 0) is 0 Å². The summed E-state index contributed by atoms with van der Waals surface area (Å²) in [5.41, 5.74) is 1.33. The SMILES string of the molecule is C=CCOc1ccc(C(=O)NC(C)c2cn3ccsc3n2)cc1OCC. The molecule has 6 nitrogen and oxygen atoms in total. The van der Waals surface area contributed by atoms with Gasteiger partial charge in [0.1, 0.15) is 6.61 Å². The molecule has 0 aliphatic rings. The standard InChI is InChI=1S/C19H21N3O3S/c1-4-9-25-16-7-6-14(11-17(16)24-5-2)18(23)20-13(3)15-12-22-8-10-26-19(22)21-15/h4,6-8,10-13H,1,5,9H2,2-3H3,(H,20,23). The Hall–Kier alpha value is -2.80. The average Bonchev–Trinajstić information content (AvgIpc) is 3.22. The maximum Gasteiger partial charge on any atom is 0.251 e. The minimum Gasteiger partial charge on any atom is -0.490 e. The topological polar surface area (TPSA) is 64.9 Å². The third-order valence-corrected chi connectivity index (χ3v) is 4.54. The Morgan fingerprint density at radius 3 is 3.00 bits per heavy atom. The van der Waals surface area contributed by atoms with E-state index in [-0.39, 0.29) is 11.9 Å². The molecule has 0 aliphatic carbocycles. The van der Waals surface area contributed by atoms with E-state index in [2.05, 4.69) is 16.9 Å². The van der Waals surface area contributed by atoms with Crippen molar-refractivity contribution in [1.82, 2.24) is 14.7 Å². The third-order valence-electron chi connectivity index (χ3n) is 3.77. The molecule has 3 aromatic rings. The number of fused-ring (bicyclic) bond motifs is 1. The molecule has 2 aromatic heterocycles. The number of carbonyl (C=O) groups is 1. The Kier molecular flexibility index (Phi) is 5.58. The van der Waals surface area contributed by atoms with E-state index in [4.69, 9.17) is 9.47 Å². The Balaban J connectivity index is 1.74. The van der Waals surface area contributed by atoms with Crippen LogP contribution in [0.1, 0.15) is 35.9 Å². The fourth-order valence-corrected chi connectivity index (χ4v) is 3.20. The van der Waals surface area contributed by atoms with Gasteiger partial charge in [-0.3, -0.25) is 9.20 Å². The van der Waals surface area contributed by atoms with Crippen LogP contribution < -0.4 is 14.8 Å². The fourth-order valence-electron chi connectivity index (χ4n) is 2.49. The van der Waals surface area contributed by atoms with Crippen LogP contribution in [0.25, 0.3) is 4.96 Å². The fraction of sp³-hybridized carbons (Fsp3) is 0.263. The lowest BCUT2D eigenvalue weighted by Crippen LogP contribution is -2.26. The van der Waals surface area contributed by atoms with Crippen molar-refractivity contribution < 1.29 is 14.3 Å². The molecular weight excluding hydrogens is 350 g/mol. The van der Waals surface area contributed by atoms with Crippen LogP contribution in [0.2, 0.25) is 0 Å². The van der Waals surface area contributed by atoms with Crippen LogP contribution in [0.15, 0.2) is 48.6 Å². The van der Waals surface area contributed by atoms with Gasteiger partial charge < -0.3 is 14.8 Å². The number of benzene rings is 1. The predicted molar refractivity (Wildman–Crippen MR) is 102 cm³/mol. The van der Waals surface area contributed by atoms with Gasteiger partial charge in [0.25, 0.3) is 5.91 Å². The number of amides is 1. The van der Waals surface area contributed by atoms with Crippen LogP contribution in [0.3, 0.4) is 0 Å². The summed E-state index contributed by atoms with van der Waals surface area (Å²) < 4.78 is 13.1. The summed E-state index contributed by atoms with van der Waals surface area (Å²) in [6.07, 6.45) is 5.53. The van der Waals surface area contributed by atoms with Crippen molar-refractivity contribution in [3.05, 3.63) is 59.9 Å². The average molecular weight is 371 g/mol. The van der Waals surface area contributed by atoms with Gasteiger partial charge in [-0.2, -0.15) is 0 Å². The number of carbonyl (C=O) groups excluding carboxylic acids is 1. The molecule has 0 spiro atoms. The van der Waals surface area contributed by atoms with Crippen LogP contribution in [-0.4, -0.2) is 28.5 Å². The van der Waals surface area contributed by atoms with Gasteiger partial charge in [0.15, 0.2) is 16.5 Å². The van der Waals surface area contributed by atoms with Gasteiger partial charge in [-0.25, -0.2) is 4.98 Å². The van der Waals surface area contributed by atoms with Gasteiger partial charge in [0.05, 0.1) is 18.3 Å². The Morgan fingerprint density at radius 1 is 1.42 bits per heavy atom. The lowest BCUT2D eigenvalue weighted by molar-refractivity contribution is 0.0938. The first kappa shape index (κ1) is 18.0. The molecule has 0 fully saturated rings. The van der Waals surface area contributed by atoms with Crippen molar-refractivity contribution in [2.24, 2.45) is 0 Å². The first-order valence-electron chi connectivity index (χ1n) is 8.36. The maximum absolute atomic E-state index is 12.6. The van der Waals surface area contributed by atoms with Gasteiger partial charge in [-0.1, -0.05) is 12.7 Å². The van der Waals surface area contributed by atoms with E-state index in [1.165, 1.54) is 0 Å². The molecule has 3 rings (SSSR count).